The summed E-state index contributed by atoms with van der Waals surface area (Å²) < 4.78 is 9.46. The number of carbonyl (C=O) groups excluding carboxylic acids is 1. The summed E-state index contributed by atoms with van der Waals surface area (Å²) >= 11 is 0. The van der Waals surface area contributed by atoms with Gasteiger partial charge < -0.3 is 20.5 Å². The summed E-state index contributed by atoms with van der Waals surface area (Å²) in [5, 5.41) is 25.1. The highest BCUT2D eigenvalue weighted by molar-refractivity contribution is 5.97. The molecule has 1 aliphatic rings. The molecular formula is C28H33N7O4. The SMILES string of the molecule is CCNc1cc2c(cn1)c(-c1ccc(C(=O)NCCO)cc1)nn2[C@H]1CC[C@@H](Oc2ccc(=O)n(C)n2)CC1. The number of anilines is 1. The molecule has 0 bridgehead atoms. The highest BCUT2D eigenvalue weighted by atomic mass is 16.5. The normalized spacial score (nSPS) is 17.2. The van der Waals surface area contributed by atoms with Crippen LogP contribution in [0, 0.1) is 0 Å². The summed E-state index contributed by atoms with van der Waals surface area (Å²) in [6.07, 6.45) is 5.33. The van der Waals surface area contributed by atoms with Crippen LogP contribution in [0.1, 0.15) is 49.0 Å². The second-order valence-corrected chi connectivity index (χ2v) is 9.65. The van der Waals surface area contributed by atoms with E-state index in [0.29, 0.717) is 11.4 Å². The molecule has 3 heterocycles. The second-order valence-electron chi connectivity index (χ2n) is 9.65. The van der Waals surface area contributed by atoms with Crippen molar-refractivity contribution in [3.8, 4) is 17.1 Å². The van der Waals surface area contributed by atoms with E-state index in [2.05, 4.69) is 25.4 Å². The summed E-state index contributed by atoms with van der Waals surface area (Å²) in [5.74, 6) is 1.03. The fourth-order valence-electron chi connectivity index (χ4n) is 4.97. The van der Waals surface area contributed by atoms with Gasteiger partial charge >= 0.3 is 0 Å². The van der Waals surface area contributed by atoms with Crippen LogP contribution >= 0.6 is 0 Å². The third kappa shape index (κ3) is 5.78. The molecule has 1 fully saturated rings. The van der Waals surface area contributed by atoms with E-state index in [9.17, 15) is 9.59 Å². The van der Waals surface area contributed by atoms with Gasteiger partial charge in [0.2, 0.25) is 5.88 Å². The van der Waals surface area contributed by atoms with Crippen molar-refractivity contribution < 1.29 is 14.6 Å². The molecule has 1 aliphatic carbocycles. The number of hydrogen-bond acceptors (Lipinski definition) is 8. The average Bonchev–Trinajstić information content (AvgIpc) is 3.33. The average molecular weight is 532 g/mol. The van der Waals surface area contributed by atoms with E-state index >= 15 is 0 Å². The Balaban J connectivity index is 1.39. The van der Waals surface area contributed by atoms with Gasteiger partial charge in [-0.2, -0.15) is 5.10 Å². The Morgan fingerprint density at radius 3 is 2.56 bits per heavy atom. The first-order valence-electron chi connectivity index (χ1n) is 13.3. The molecule has 0 radical (unpaired) electrons. The van der Waals surface area contributed by atoms with Gasteiger partial charge in [-0.15, -0.1) is 5.10 Å². The van der Waals surface area contributed by atoms with Crippen molar-refractivity contribution in [1.29, 1.82) is 0 Å². The van der Waals surface area contributed by atoms with Gasteiger partial charge in [0.05, 0.1) is 18.2 Å². The molecule has 1 aromatic carbocycles. The standard InChI is InChI=1S/C28H33N7O4/c1-3-29-24-16-23-22(17-31-24)27(18-4-6-19(7-5-18)28(38)30-14-15-36)33-35(23)20-8-10-21(11-9-20)39-25-12-13-26(37)34(2)32-25/h4-7,12-13,16-17,20-21,36H,3,8-11,14-15H2,1-2H3,(H,29,31)(H,30,38)/t20-,21+. The quantitative estimate of drug-likeness (QED) is 0.300. The number of carbonyl (C=O) groups is 1. The van der Waals surface area contributed by atoms with E-state index in [-0.39, 0.29) is 36.8 Å². The van der Waals surface area contributed by atoms with E-state index in [1.807, 2.05) is 31.3 Å². The highest BCUT2D eigenvalue weighted by Crippen LogP contribution is 2.36. The molecule has 0 spiro atoms. The number of nitrogens with one attached hydrogen (secondary N) is 2. The molecule has 1 amide bonds. The number of hydrogen-bond donors (Lipinski definition) is 3. The van der Waals surface area contributed by atoms with Crippen LogP contribution in [0.4, 0.5) is 5.82 Å². The van der Waals surface area contributed by atoms with E-state index in [4.69, 9.17) is 14.9 Å². The maximum absolute atomic E-state index is 12.3. The van der Waals surface area contributed by atoms with Crippen molar-refractivity contribution in [2.24, 2.45) is 7.05 Å². The van der Waals surface area contributed by atoms with Crippen LogP contribution in [-0.2, 0) is 7.05 Å². The van der Waals surface area contributed by atoms with Crippen molar-refractivity contribution in [2.45, 2.75) is 44.8 Å². The largest absolute Gasteiger partial charge is 0.473 e. The van der Waals surface area contributed by atoms with E-state index in [1.54, 1.807) is 25.2 Å². The lowest BCUT2D eigenvalue weighted by molar-refractivity contribution is 0.0944. The minimum Gasteiger partial charge on any atom is -0.473 e. The number of pyridine rings is 1. The number of rotatable bonds is 9. The number of nitrogens with zero attached hydrogens (tertiary/aromatic N) is 5. The molecule has 0 aliphatic heterocycles. The number of aryl methyl sites for hydroxylation is 1. The first kappa shape index (κ1) is 26.4. The lowest BCUT2D eigenvalue weighted by Crippen LogP contribution is -2.27. The van der Waals surface area contributed by atoms with Gasteiger partial charge in [-0.3, -0.25) is 14.3 Å². The summed E-state index contributed by atoms with van der Waals surface area (Å²) in [6, 6.07) is 12.6. The number of aromatic nitrogens is 5. The summed E-state index contributed by atoms with van der Waals surface area (Å²) in [7, 11) is 1.61. The Kier molecular flexibility index (Phi) is 7.87. The molecule has 3 aromatic heterocycles. The molecule has 0 unspecified atom stereocenters. The highest BCUT2D eigenvalue weighted by Gasteiger charge is 2.27. The fourth-order valence-corrected chi connectivity index (χ4v) is 4.97. The Bertz CT molecular complexity index is 1500. The van der Waals surface area contributed by atoms with Crippen LogP contribution in [0.2, 0.25) is 0 Å². The van der Waals surface area contributed by atoms with Gasteiger partial charge in [0, 0.05) is 61.0 Å². The van der Waals surface area contributed by atoms with Gasteiger partial charge in [0.15, 0.2) is 0 Å². The zero-order valence-corrected chi connectivity index (χ0v) is 22.1. The van der Waals surface area contributed by atoms with Crippen LogP contribution in [0.5, 0.6) is 5.88 Å². The van der Waals surface area contributed by atoms with Crippen molar-refractivity contribution in [3.05, 3.63) is 64.6 Å². The van der Waals surface area contributed by atoms with Crippen molar-refractivity contribution in [1.82, 2.24) is 29.9 Å². The Morgan fingerprint density at radius 2 is 1.87 bits per heavy atom. The van der Waals surface area contributed by atoms with E-state index < -0.39 is 0 Å². The second kappa shape index (κ2) is 11.6. The zero-order chi connectivity index (χ0) is 27.4. The Morgan fingerprint density at radius 1 is 1.10 bits per heavy atom. The predicted molar refractivity (Wildman–Crippen MR) is 148 cm³/mol. The minimum atomic E-state index is -0.227. The van der Waals surface area contributed by atoms with Crippen LogP contribution in [0.3, 0.4) is 0 Å². The molecule has 3 N–H and O–H groups in total. The molecule has 4 aromatic rings. The molecule has 39 heavy (non-hydrogen) atoms. The topological polar surface area (TPSA) is 136 Å². The molecular weight excluding hydrogens is 498 g/mol. The molecule has 1 saturated carbocycles. The summed E-state index contributed by atoms with van der Waals surface area (Å²) in [4.78, 5) is 28.5. The lowest BCUT2D eigenvalue weighted by atomic mass is 9.93. The molecule has 11 nitrogen and oxygen atoms in total. The lowest BCUT2D eigenvalue weighted by Gasteiger charge is -2.29. The van der Waals surface area contributed by atoms with Crippen LogP contribution in [-0.4, -0.2) is 61.4 Å². The fraction of sp³-hybridized carbons (Fsp3) is 0.393. The molecule has 204 valence electrons. The number of benzene rings is 1. The zero-order valence-electron chi connectivity index (χ0n) is 22.1. The Hall–Kier alpha value is -4.25. The number of amides is 1. The maximum Gasteiger partial charge on any atom is 0.266 e. The van der Waals surface area contributed by atoms with E-state index in [1.165, 1.54) is 10.7 Å². The molecule has 0 atom stereocenters. The number of aliphatic hydroxyl groups is 1. The van der Waals surface area contributed by atoms with Gasteiger partial charge in [0.25, 0.3) is 11.5 Å². The number of fused-ring (bicyclic) bond motifs is 1. The van der Waals surface area contributed by atoms with Gasteiger partial charge in [-0.25, -0.2) is 9.67 Å². The maximum atomic E-state index is 12.3. The summed E-state index contributed by atoms with van der Waals surface area (Å²) in [5.41, 5.74) is 3.07. The van der Waals surface area contributed by atoms with Crippen LogP contribution in [0.25, 0.3) is 22.2 Å². The molecule has 11 heteroatoms. The van der Waals surface area contributed by atoms with E-state index in [0.717, 1.165) is 60.2 Å². The smallest absolute Gasteiger partial charge is 0.266 e. The van der Waals surface area contributed by atoms with Crippen molar-refractivity contribution >= 4 is 22.6 Å². The number of aliphatic hydroxyl groups excluding tert-OH is 1. The van der Waals surface area contributed by atoms with Gasteiger partial charge in [-0.1, -0.05) is 12.1 Å². The minimum absolute atomic E-state index is 0.0241. The first-order chi connectivity index (χ1) is 19.0. The predicted octanol–water partition coefficient (Wildman–Crippen LogP) is 2.91. The van der Waals surface area contributed by atoms with Crippen molar-refractivity contribution in [3.63, 3.8) is 0 Å². The Labute approximate surface area is 225 Å². The summed E-state index contributed by atoms with van der Waals surface area (Å²) in [6.45, 7) is 2.91. The van der Waals surface area contributed by atoms with Crippen LogP contribution < -0.4 is 20.9 Å². The van der Waals surface area contributed by atoms with Crippen molar-refractivity contribution in [2.75, 3.05) is 25.0 Å². The molecule has 5 rings (SSSR count). The van der Waals surface area contributed by atoms with Crippen LogP contribution in [0.15, 0.2) is 53.5 Å². The van der Waals surface area contributed by atoms with Gasteiger partial charge in [0.1, 0.15) is 17.6 Å². The third-order valence-electron chi connectivity index (χ3n) is 6.98. The first-order valence-corrected chi connectivity index (χ1v) is 13.3. The van der Waals surface area contributed by atoms with Gasteiger partial charge in [-0.05, 0) is 44.7 Å². The number of ether oxygens (including phenoxy) is 1. The monoisotopic (exact) mass is 531 g/mol. The third-order valence-corrected chi connectivity index (χ3v) is 6.98. The molecule has 0 saturated heterocycles.